The first-order chi connectivity index (χ1) is 7.95. The molecular formula is C15H10O. The fraction of sp³-hybridized carbons (Fsp3) is 0.133. The molecule has 1 heterocycles. The molecule has 4 rings (SSSR count). The van der Waals surface area contributed by atoms with Gasteiger partial charge in [-0.15, -0.1) is 0 Å². The first-order valence-corrected chi connectivity index (χ1v) is 5.55. The molecule has 76 valence electrons. The zero-order valence-corrected chi connectivity index (χ0v) is 8.73. The lowest BCUT2D eigenvalue weighted by atomic mass is 9.92. The summed E-state index contributed by atoms with van der Waals surface area (Å²) in [6, 6.07) is 15.0. The molecule has 1 aliphatic heterocycles. The number of rotatable bonds is 0. The van der Waals surface area contributed by atoms with Gasteiger partial charge in [0.15, 0.2) is 6.61 Å². The summed E-state index contributed by atoms with van der Waals surface area (Å²) in [5.74, 6) is 0.406. The van der Waals surface area contributed by atoms with Gasteiger partial charge < -0.3 is 4.74 Å². The summed E-state index contributed by atoms with van der Waals surface area (Å²) in [6.45, 7) is 3.73. The Labute approximate surface area is 94.7 Å². The van der Waals surface area contributed by atoms with Gasteiger partial charge in [0, 0.05) is 5.92 Å². The Morgan fingerprint density at radius 2 is 1.88 bits per heavy atom. The maximum atomic E-state index is 5.44. The van der Waals surface area contributed by atoms with Crippen LogP contribution in [0.3, 0.4) is 0 Å². The first kappa shape index (κ1) is 8.54. The van der Waals surface area contributed by atoms with Gasteiger partial charge in [0.05, 0.1) is 6.61 Å². The van der Waals surface area contributed by atoms with E-state index in [1.54, 1.807) is 0 Å². The van der Waals surface area contributed by atoms with Crippen LogP contribution in [0.4, 0.5) is 0 Å². The van der Waals surface area contributed by atoms with Crippen LogP contribution in [-0.2, 0) is 4.74 Å². The second-order valence-electron chi connectivity index (χ2n) is 4.32. The van der Waals surface area contributed by atoms with Crippen molar-refractivity contribution in [1.29, 1.82) is 0 Å². The predicted molar refractivity (Wildman–Crippen MR) is 62.0 cm³/mol. The Morgan fingerprint density at radius 1 is 1.00 bits per heavy atom. The van der Waals surface area contributed by atoms with E-state index in [-0.39, 0.29) is 0 Å². The molecule has 0 amide bonds. The minimum atomic E-state index is 0.406. The highest BCUT2D eigenvalue weighted by Gasteiger charge is 2.33. The van der Waals surface area contributed by atoms with Crippen molar-refractivity contribution in [2.24, 2.45) is 0 Å². The van der Waals surface area contributed by atoms with Crippen molar-refractivity contribution in [3.05, 3.63) is 65.8 Å². The standard InChI is InChI=1S/C15H10O/c1-2-6-12-11(5-1)13-7-3-4-10-8-16-9-14(12)15(10)13/h1-7,14H,9H2/t14-/m1/s1. The largest absolute Gasteiger partial charge is 0.362 e. The van der Waals surface area contributed by atoms with Crippen molar-refractivity contribution in [3.8, 4) is 11.1 Å². The van der Waals surface area contributed by atoms with Crippen LogP contribution in [0.1, 0.15) is 22.6 Å². The SMILES string of the molecule is [C]1OC[C@@H]2c3ccccc3-c3cccc1c32. The molecule has 0 N–H and O–H groups in total. The normalized spacial score (nSPS) is 20.4. The summed E-state index contributed by atoms with van der Waals surface area (Å²) in [7, 11) is 0. The highest BCUT2D eigenvalue weighted by molar-refractivity contribution is 5.80. The Kier molecular flexibility index (Phi) is 1.58. The number of hydrogen-bond donors (Lipinski definition) is 0. The van der Waals surface area contributed by atoms with E-state index in [1.165, 1.54) is 22.3 Å². The molecule has 0 fully saturated rings. The highest BCUT2D eigenvalue weighted by Crippen LogP contribution is 2.48. The predicted octanol–water partition coefficient (Wildman–Crippen LogP) is 3.22. The lowest BCUT2D eigenvalue weighted by Crippen LogP contribution is -2.13. The highest BCUT2D eigenvalue weighted by atomic mass is 16.5. The zero-order chi connectivity index (χ0) is 10.5. The molecule has 0 bridgehead atoms. The molecule has 2 aliphatic rings. The van der Waals surface area contributed by atoms with E-state index in [0.29, 0.717) is 5.92 Å². The van der Waals surface area contributed by atoms with E-state index in [1.807, 2.05) is 0 Å². The molecule has 0 unspecified atom stereocenters. The Hall–Kier alpha value is -1.60. The van der Waals surface area contributed by atoms with Crippen molar-refractivity contribution in [3.63, 3.8) is 0 Å². The number of ether oxygens (including phenoxy) is 1. The average molecular weight is 206 g/mol. The summed E-state index contributed by atoms with van der Waals surface area (Å²) >= 11 is 0. The van der Waals surface area contributed by atoms with Crippen molar-refractivity contribution in [2.45, 2.75) is 5.92 Å². The topological polar surface area (TPSA) is 9.23 Å². The molecule has 16 heavy (non-hydrogen) atoms. The van der Waals surface area contributed by atoms with E-state index in [0.717, 1.165) is 12.2 Å². The van der Waals surface area contributed by atoms with Gasteiger partial charge >= 0.3 is 0 Å². The van der Waals surface area contributed by atoms with Crippen LogP contribution in [-0.4, -0.2) is 6.61 Å². The van der Waals surface area contributed by atoms with Crippen LogP contribution >= 0.6 is 0 Å². The molecule has 1 heteroatoms. The molecule has 2 radical (unpaired) electrons. The minimum Gasteiger partial charge on any atom is -0.362 e. The maximum Gasteiger partial charge on any atom is 0.166 e. The van der Waals surface area contributed by atoms with Crippen LogP contribution in [0.5, 0.6) is 0 Å². The molecule has 0 saturated heterocycles. The van der Waals surface area contributed by atoms with E-state index in [9.17, 15) is 0 Å². The quantitative estimate of drug-likeness (QED) is 0.643. The van der Waals surface area contributed by atoms with Gasteiger partial charge in [-0.1, -0.05) is 42.5 Å². The summed E-state index contributed by atoms with van der Waals surface area (Å²) in [5.41, 5.74) is 6.62. The molecule has 2 aromatic rings. The molecule has 1 atom stereocenters. The Bertz CT molecular complexity index is 571. The monoisotopic (exact) mass is 206 g/mol. The first-order valence-electron chi connectivity index (χ1n) is 5.55. The van der Waals surface area contributed by atoms with Gasteiger partial charge in [-0.05, 0) is 27.8 Å². The van der Waals surface area contributed by atoms with Gasteiger partial charge in [-0.3, -0.25) is 0 Å². The average Bonchev–Trinajstić information content (AvgIpc) is 2.68. The lowest BCUT2D eigenvalue weighted by Gasteiger charge is -2.21. The lowest BCUT2D eigenvalue weighted by molar-refractivity contribution is 0.190. The molecule has 2 aromatic carbocycles. The van der Waals surface area contributed by atoms with Crippen molar-refractivity contribution >= 4 is 0 Å². The number of fused-ring (bicyclic) bond motifs is 3. The van der Waals surface area contributed by atoms with Gasteiger partial charge in [-0.25, -0.2) is 0 Å². The molecular weight excluding hydrogens is 196 g/mol. The second kappa shape index (κ2) is 2.96. The summed E-state index contributed by atoms with van der Waals surface area (Å²) < 4.78 is 5.44. The van der Waals surface area contributed by atoms with Gasteiger partial charge in [0.2, 0.25) is 0 Å². The Balaban J connectivity index is 2.10. The van der Waals surface area contributed by atoms with E-state index >= 15 is 0 Å². The Morgan fingerprint density at radius 3 is 2.88 bits per heavy atom. The van der Waals surface area contributed by atoms with E-state index < -0.39 is 0 Å². The second-order valence-corrected chi connectivity index (χ2v) is 4.32. The summed E-state index contributed by atoms with van der Waals surface area (Å²) in [5, 5.41) is 0. The smallest absolute Gasteiger partial charge is 0.166 e. The van der Waals surface area contributed by atoms with E-state index in [2.05, 4.69) is 49.1 Å². The van der Waals surface area contributed by atoms with Crippen LogP contribution in [0.25, 0.3) is 11.1 Å². The zero-order valence-electron chi connectivity index (χ0n) is 8.73. The van der Waals surface area contributed by atoms with Crippen molar-refractivity contribution < 1.29 is 4.74 Å². The third-order valence-corrected chi connectivity index (χ3v) is 3.51. The van der Waals surface area contributed by atoms with Gasteiger partial charge in [-0.2, -0.15) is 0 Å². The molecule has 0 spiro atoms. The molecule has 1 nitrogen and oxygen atoms in total. The van der Waals surface area contributed by atoms with Crippen LogP contribution in [0.2, 0.25) is 0 Å². The number of benzene rings is 2. The molecule has 0 saturated carbocycles. The summed E-state index contributed by atoms with van der Waals surface area (Å²) in [6.07, 6.45) is 0. The van der Waals surface area contributed by atoms with Crippen molar-refractivity contribution in [2.75, 3.05) is 6.61 Å². The van der Waals surface area contributed by atoms with Gasteiger partial charge in [0.1, 0.15) is 0 Å². The third kappa shape index (κ3) is 0.940. The maximum absolute atomic E-state index is 5.44. The summed E-state index contributed by atoms with van der Waals surface area (Å²) in [4.78, 5) is 0. The fourth-order valence-corrected chi connectivity index (χ4v) is 2.84. The van der Waals surface area contributed by atoms with E-state index in [4.69, 9.17) is 4.74 Å². The van der Waals surface area contributed by atoms with Crippen LogP contribution in [0.15, 0.2) is 42.5 Å². The molecule has 1 aliphatic carbocycles. The minimum absolute atomic E-state index is 0.406. The fourth-order valence-electron chi connectivity index (χ4n) is 2.84. The number of hydrogen-bond acceptors (Lipinski definition) is 1. The van der Waals surface area contributed by atoms with Crippen LogP contribution in [0, 0.1) is 6.61 Å². The van der Waals surface area contributed by atoms with Gasteiger partial charge in [0.25, 0.3) is 0 Å². The molecule has 0 aromatic heterocycles. The van der Waals surface area contributed by atoms with Crippen molar-refractivity contribution in [1.82, 2.24) is 0 Å². The van der Waals surface area contributed by atoms with Crippen LogP contribution < -0.4 is 0 Å². The third-order valence-electron chi connectivity index (χ3n) is 3.51.